The molecule has 8 heterocycles. The van der Waals surface area contributed by atoms with Crippen LogP contribution in [0.4, 0.5) is 0 Å². The van der Waals surface area contributed by atoms with Gasteiger partial charge in [-0.2, -0.15) is 0 Å². The van der Waals surface area contributed by atoms with Gasteiger partial charge in [0.05, 0.1) is 12.8 Å². The van der Waals surface area contributed by atoms with Gasteiger partial charge in [0, 0.05) is 62.4 Å². The molecule has 10 aliphatic rings. The molecule has 342 valence electrons. The molecule has 2 spiro atoms. The standard InChI is InChI=1S/C46H64N2O14/c1-25-10-12-33-27(3)39(55-41-45(33)31(25)18-20-43(5,57-41)59-61-45)53-37(51)16-14-35(49)47-23-29-8-7-9-30(22-29)24-48-36(50)15-17-38(52)54-40-28(4)34-13-11-26(2)32-19-21-44(6)58-42(56-40)46(32,34)62-60-44/h7-9,22,25-28,31-34,39-42H,10-21,23-24H2,1-6H3,(H,47,49)(H,48,50)/t25-,26-,27-,28-,31+,32+,33?,34?,39-,40-,41-,42-,43+,44+,45-,46-/m1/s1. The van der Waals surface area contributed by atoms with Crippen molar-refractivity contribution in [3.8, 4) is 0 Å². The number of carbonyl (C=O) groups is 4. The average Bonchev–Trinajstić information content (AvgIpc) is 3.62. The van der Waals surface area contributed by atoms with E-state index >= 15 is 0 Å². The van der Waals surface area contributed by atoms with E-state index in [0.29, 0.717) is 24.7 Å². The molecule has 4 bridgehead atoms. The molecule has 2 aliphatic carbocycles. The first-order valence-electron chi connectivity index (χ1n) is 23.0. The average molecular weight is 869 g/mol. The zero-order valence-electron chi connectivity index (χ0n) is 36.9. The number of ether oxygens (including phenoxy) is 6. The van der Waals surface area contributed by atoms with Crippen molar-refractivity contribution in [1.82, 2.24) is 10.6 Å². The summed E-state index contributed by atoms with van der Waals surface area (Å²) in [7, 11) is 0. The van der Waals surface area contributed by atoms with Crippen molar-refractivity contribution in [2.24, 2.45) is 47.3 Å². The van der Waals surface area contributed by atoms with Crippen molar-refractivity contribution >= 4 is 23.8 Å². The SMILES string of the molecule is C[C@@H]1CCC2[C@@H](C)[C@H](OC(=O)CCC(=O)NCc3cccc(CNC(=O)CCC(=O)O[C@@H]4O[C@@H]5O[C@]6(C)CC[C@H]7[C@H](C)CCC([C@H]4C)[C@@]57OO6)c3)O[C@@H]3O[C@]4(C)CC[C@@H]1[C@@]23OO4. The van der Waals surface area contributed by atoms with Crippen LogP contribution in [0.1, 0.15) is 130 Å². The minimum Gasteiger partial charge on any atom is -0.435 e. The number of amides is 2. The second-order valence-corrected chi connectivity index (χ2v) is 19.9. The van der Waals surface area contributed by atoms with Crippen molar-refractivity contribution < 1.29 is 67.1 Å². The molecule has 16 heteroatoms. The molecular weight excluding hydrogens is 805 g/mol. The Morgan fingerprint density at radius 1 is 0.597 bits per heavy atom. The molecule has 0 radical (unpaired) electrons. The van der Waals surface area contributed by atoms with Gasteiger partial charge in [-0.15, -0.1) is 0 Å². The minimum absolute atomic E-state index is 0.0198. The summed E-state index contributed by atoms with van der Waals surface area (Å²) in [4.78, 5) is 75.8. The minimum atomic E-state index is -0.930. The molecule has 10 fully saturated rings. The number of rotatable bonds is 12. The summed E-state index contributed by atoms with van der Waals surface area (Å²) in [5.74, 6) is -2.54. The van der Waals surface area contributed by atoms with Gasteiger partial charge in [-0.05, 0) is 87.2 Å². The van der Waals surface area contributed by atoms with E-state index < -0.39 is 59.9 Å². The van der Waals surface area contributed by atoms with E-state index in [1.54, 1.807) is 0 Å². The molecular formula is C46H64N2O14. The maximum atomic E-state index is 13.0. The topological polar surface area (TPSA) is 185 Å². The Kier molecular flexibility index (Phi) is 12.0. The lowest BCUT2D eigenvalue weighted by Crippen LogP contribution is -2.70. The number of carbonyl (C=O) groups excluding carboxylic acids is 4. The summed E-state index contributed by atoms with van der Waals surface area (Å²) in [6, 6.07) is 7.46. The van der Waals surface area contributed by atoms with Crippen molar-refractivity contribution in [2.45, 2.75) is 180 Å². The van der Waals surface area contributed by atoms with Gasteiger partial charge in [-0.25, -0.2) is 19.6 Å². The Hall–Kier alpha value is -3.22. The van der Waals surface area contributed by atoms with E-state index in [1.165, 1.54) is 0 Å². The Bertz CT molecular complexity index is 1760. The zero-order valence-corrected chi connectivity index (χ0v) is 36.9. The highest BCUT2D eigenvalue weighted by molar-refractivity contribution is 5.82. The largest absolute Gasteiger partial charge is 0.435 e. The molecule has 62 heavy (non-hydrogen) atoms. The van der Waals surface area contributed by atoms with Crippen molar-refractivity contribution in [3.05, 3.63) is 35.4 Å². The Balaban J connectivity index is 0.696. The fraction of sp³-hybridized carbons (Fsp3) is 0.783. The number of nitrogens with one attached hydrogen (secondary N) is 2. The lowest BCUT2D eigenvalue weighted by atomic mass is 9.58. The fourth-order valence-corrected chi connectivity index (χ4v) is 12.2. The van der Waals surface area contributed by atoms with Crippen molar-refractivity contribution in [3.63, 3.8) is 0 Å². The van der Waals surface area contributed by atoms with E-state index in [9.17, 15) is 19.2 Å². The summed E-state index contributed by atoms with van der Waals surface area (Å²) >= 11 is 0. The van der Waals surface area contributed by atoms with Crippen LogP contribution in [0.5, 0.6) is 0 Å². The summed E-state index contributed by atoms with van der Waals surface area (Å²) in [6.07, 6.45) is 3.59. The van der Waals surface area contributed by atoms with Crippen LogP contribution in [0, 0.1) is 47.3 Å². The third-order valence-corrected chi connectivity index (χ3v) is 15.8. The second-order valence-electron chi connectivity index (χ2n) is 19.9. The summed E-state index contributed by atoms with van der Waals surface area (Å²) in [6.45, 7) is 12.7. The van der Waals surface area contributed by atoms with Crippen LogP contribution < -0.4 is 10.6 Å². The zero-order chi connectivity index (χ0) is 43.6. The lowest BCUT2D eigenvalue weighted by Gasteiger charge is -2.59. The van der Waals surface area contributed by atoms with Gasteiger partial charge in [0.1, 0.15) is 0 Å². The monoisotopic (exact) mass is 868 g/mol. The van der Waals surface area contributed by atoms with Crippen LogP contribution in [-0.4, -0.2) is 71.7 Å². The maximum Gasteiger partial charge on any atom is 0.308 e. The van der Waals surface area contributed by atoms with Crippen molar-refractivity contribution in [2.75, 3.05) is 0 Å². The molecule has 1 aromatic rings. The van der Waals surface area contributed by atoms with E-state index in [4.69, 9.17) is 48.0 Å². The first-order valence-corrected chi connectivity index (χ1v) is 23.0. The van der Waals surface area contributed by atoms with E-state index in [2.05, 4.69) is 24.5 Å². The molecule has 0 aromatic heterocycles. The normalized spacial score (nSPS) is 43.8. The summed E-state index contributed by atoms with van der Waals surface area (Å²) in [5.41, 5.74) is 0.148. The van der Waals surface area contributed by atoms with Gasteiger partial charge in [0.2, 0.25) is 36.0 Å². The van der Waals surface area contributed by atoms with Crippen LogP contribution in [0.3, 0.4) is 0 Å². The van der Waals surface area contributed by atoms with Gasteiger partial charge >= 0.3 is 11.9 Å². The molecule has 2 amide bonds. The van der Waals surface area contributed by atoms with Crippen LogP contribution in [0.2, 0.25) is 0 Å². The highest BCUT2D eigenvalue weighted by Crippen LogP contribution is 2.62. The van der Waals surface area contributed by atoms with Gasteiger partial charge < -0.3 is 39.1 Å². The molecule has 11 rings (SSSR count). The third-order valence-electron chi connectivity index (χ3n) is 15.8. The Labute approximate surface area is 363 Å². The van der Waals surface area contributed by atoms with E-state index in [1.807, 2.05) is 52.0 Å². The van der Waals surface area contributed by atoms with E-state index in [-0.39, 0.29) is 86.1 Å². The van der Waals surface area contributed by atoms with Gasteiger partial charge in [0.15, 0.2) is 23.8 Å². The highest BCUT2D eigenvalue weighted by atomic mass is 17.3. The Morgan fingerprint density at radius 2 is 1.03 bits per heavy atom. The van der Waals surface area contributed by atoms with Crippen LogP contribution in [0.15, 0.2) is 24.3 Å². The number of hydrogen-bond acceptors (Lipinski definition) is 14. The third kappa shape index (κ3) is 7.98. The molecule has 2 saturated carbocycles. The van der Waals surface area contributed by atoms with Crippen LogP contribution in [0.25, 0.3) is 0 Å². The highest BCUT2D eigenvalue weighted by Gasteiger charge is 2.71. The predicted molar refractivity (Wildman–Crippen MR) is 214 cm³/mol. The van der Waals surface area contributed by atoms with Crippen LogP contribution in [-0.2, 0) is 80.2 Å². The molecule has 2 N–H and O–H groups in total. The van der Waals surface area contributed by atoms with Gasteiger partial charge in [-0.1, -0.05) is 52.0 Å². The first-order chi connectivity index (χ1) is 29.6. The number of benzene rings is 1. The van der Waals surface area contributed by atoms with E-state index in [0.717, 1.165) is 49.7 Å². The van der Waals surface area contributed by atoms with Crippen LogP contribution >= 0.6 is 0 Å². The van der Waals surface area contributed by atoms with Gasteiger partial charge in [-0.3, -0.25) is 19.2 Å². The lowest BCUT2D eigenvalue weighted by molar-refractivity contribution is -0.576. The molecule has 16 atom stereocenters. The smallest absolute Gasteiger partial charge is 0.308 e. The quantitative estimate of drug-likeness (QED) is 0.185. The van der Waals surface area contributed by atoms with Crippen molar-refractivity contribution in [1.29, 1.82) is 0 Å². The fourth-order valence-electron chi connectivity index (χ4n) is 12.2. The molecule has 8 saturated heterocycles. The molecule has 2 unspecified atom stereocenters. The number of esters is 2. The maximum absolute atomic E-state index is 13.0. The summed E-state index contributed by atoms with van der Waals surface area (Å²) < 4.78 is 37.1. The Morgan fingerprint density at radius 3 is 1.47 bits per heavy atom. The number of hydrogen-bond donors (Lipinski definition) is 2. The molecule has 1 aromatic carbocycles. The predicted octanol–water partition coefficient (Wildman–Crippen LogP) is 5.98. The molecule has 16 nitrogen and oxygen atoms in total. The summed E-state index contributed by atoms with van der Waals surface area (Å²) in [5, 5.41) is 5.74. The van der Waals surface area contributed by atoms with Gasteiger partial charge in [0.25, 0.3) is 0 Å². The second kappa shape index (κ2) is 17.0. The first kappa shape index (κ1) is 44.0. The number of fused-ring (bicyclic) bond motifs is 4. The molecule has 8 aliphatic heterocycles.